The van der Waals surface area contributed by atoms with Gasteiger partial charge in [0.05, 0.1) is 11.8 Å². The number of hydrogen-bond donors (Lipinski definition) is 0. The van der Waals surface area contributed by atoms with E-state index in [9.17, 15) is 8.42 Å². The summed E-state index contributed by atoms with van der Waals surface area (Å²) in [6, 6.07) is 1.93. The smallest absolute Gasteiger partial charge is 0.212 e. The van der Waals surface area contributed by atoms with Crippen LogP contribution < -0.4 is 0 Å². The van der Waals surface area contributed by atoms with E-state index in [0.717, 1.165) is 0 Å². The van der Waals surface area contributed by atoms with Gasteiger partial charge in [0.2, 0.25) is 10.0 Å². The predicted molar refractivity (Wildman–Crippen MR) is 56.6 cm³/mol. The van der Waals surface area contributed by atoms with Crippen LogP contribution in [0.1, 0.15) is 19.8 Å². The second kappa shape index (κ2) is 7.04. The second-order valence-corrected chi connectivity index (χ2v) is 5.22. The summed E-state index contributed by atoms with van der Waals surface area (Å²) in [4.78, 5) is 0. The van der Waals surface area contributed by atoms with Gasteiger partial charge in [-0.1, -0.05) is 6.92 Å². The number of rotatable bonds is 7. The fraction of sp³-hybridized carbons (Fsp3) is 0.875. The monoisotopic (exact) mass is 238 g/mol. The molecule has 0 bridgehead atoms. The Morgan fingerprint density at radius 1 is 1.50 bits per heavy atom. The van der Waals surface area contributed by atoms with E-state index >= 15 is 0 Å². The van der Waals surface area contributed by atoms with Crippen molar-refractivity contribution in [1.82, 2.24) is 4.31 Å². The molecule has 0 rings (SSSR count). The van der Waals surface area contributed by atoms with Crippen molar-refractivity contribution in [2.24, 2.45) is 0 Å². The zero-order valence-corrected chi connectivity index (χ0v) is 9.81. The van der Waals surface area contributed by atoms with Crippen molar-refractivity contribution in [2.75, 3.05) is 24.7 Å². The lowest BCUT2D eigenvalue weighted by Gasteiger charge is -2.18. The Bertz CT molecular complexity index is 284. The molecule has 0 fully saturated rings. The Morgan fingerprint density at radius 2 is 2.14 bits per heavy atom. The van der Waals surface area contributed by atoms with E-state index in [0.29, 0.717) is 18.8 Å². The van der Waals surface area contributed by atoms with Crippen LogP contribution in [0.3, 0.4) is 0 Å². The molecule has 0 saturated carbocycles. The molecule has 82 valence electrons. The average molecular weight is 239 g/mol. The van der Waals surface area contributed by atoms with E-state index in [-0.39, 0.29) is 18.7 Å². The Labute approximate surface area is 90.5 Å². The highest BCUT2D eigenvalue weighted by Gasteiger charge is 2.18. The van der Waals surface area contributed by atoms with Gasteiger partial charge in [-0.25, -0.2) is 12.7 Å². The summed E-state index contributed by atoms with van der Waals surface area (Å²) >= 11 is 5.42. The fourth-order valence-electron chi connectivity index (χ4n) is 1.03. The maximum atomic E-state index is 11.6. The summed E-state index contributed by atoms with van der Waals surface area (Å²) in [7, 11) is -3.21. The molecule has 0 atom stereocenters. The lowest BCUT2D eigenvalue weighted by Crippen LogP contribution is -2.33. The lowest BCUT2D eigenvalue weighted by atomic mass is 10.5. The van der Waals surface area contributed by atoms with Crippen molar-refractivity contribution in [1.29, 1.82) is 5.26 Å². The van der Waals surface area contributed by atoms with Gasteiger partial charge in [-0.3, -0.25) is 0 Å². The molecular formula is C8H15ClN2O2S. The zero-order valence-electron chi connectivity index (χ0n) is 8.24. The van der Waals surface area contributed by atoms with Gasteiger partial charge in [0, 0.05) is 25.4 Å². The third-order valence-electron chi connectivity index (χ3n) is 1.76. The average Bonchev–Trinajstić information content (AvgIpc) is 2.16. The molecule has 0 aromatic heterocycles. The van der Waals surface area contributed by atoms with Crippen molar-refractivity contribution in [3.05, 3.63) is 0 Å². The highest BCUT2D eigenvalue weighted by Crippen LogP contribution is 2.04. The van der Waals surface area contributed by atoms with Crippen molar-refractivity contribution >= 4 is 21.6 Å². The van der Waals surface area contributed by atoms with Gasteiger partial charge >= 0.3 is 0 Å². The van der Waals surface area contributed by atoms with Crippen LogP contribution in [0.2, 0.25) is 0 Å². The van der Waals surface area contributed by atoms with Crippen LogP contribution in [0.25, 0.3) is 0 Å². The van der Waals surface area contributed by atoms with Crippen molar-refractivity contribution in [2.45, 2.75) is 19.8 Å². The quantitative estimate of drug-likeness (QED) is 0.626. The molecule has 0 spiro atoms. The number of nitriles is 1. The summed E-state index contributed by atoms with van der Waals surface area (Å²) < 4.78 is 24.5. The first kappa shape index (κ1) is 13.7. The molecule has 0 aliphatic heterocycles. The number of sulfonamides is 1. The van der Waals surface area contributed by atoms with Crippen LogP contribution in [-0.2, 0) is 10.0 Å². The Balaban J connectivity index is 4.27. The molecule has 14 heavy (non-hydrogen) atoms. The van der Waals surface area contributed by atoms with Crippen LogP contribution >= 0.6 is 11.6 Å². The van der Waals surface area contributed by atoms with E-state index in [4.69, 9.17) is 16.9 Å². The minimum atomic E-state index is -3.21. The first-order chi connectivity index (χ1) is 6.58. The molecular weight excluding hydrogens is 224 g/mol. The van der Waals surface area contributed by atoms with Crippen LogP contribution in [0.5, 0.6) is 0 Å². The first-order valence-electron chi connectivity index (χ1n) is 4.49. The maximum Gasteiger partial charge on any atom is 0.214 e. The van der Waals surface area contributed by atoms with Gasteiger partial charge in [-0.05, 0) is 6.42 Å². The third-order valence-corrected chi connectivity index (χ3v) is 4.05. The standard InChI is InChI=1S/C8H15ClN2O2S/c1-2-11(7-4-6-10)14(12,13)8-3-5-9/h2-5,7-8H2,1H3. The second-order valence-electron chi connectivity index (χ2n) is 2.76. The lowest BCUT2D eigenvalue weighted by molar-refractivity contribution is 0.434. The van der Waals surface area contributed by atoms with Gasteiger partial charge in [0.1, 0.15) is 0 Å². The van der Waals surface area contributed by atoms with E-state index in [2.05, 4.69) is 0 Å². The Hall–Kier alpha value is -0.310. The molecule has 4 nitrogen and oxygen atoms in total. The van der Waals surface area contributed by atoms with E-state index in [1.165, 1.54) is 4.31 Å². The molecule has 0 heterocycles. The van der Waals surface area contributed by atoms with Crippen molar-refractivity contribution < 1.29 is 8.42 Å². The van der Waals surface area contributed by atoms with Crippen molar-refractivity contribution in [3.8, 4) is 6.07 Å². The predicted octanol–water partition coefficient (Wildman–Crippen LogP) is 1.18. The molecule has 0 aliphatic carbocycles. The topological polar surface area (TPSA) is 61.2 Å². The number of alkyl halides is 1. The molecule has 0 aromatic rings. The largest absolute Gasteiger partial charge is 0.214 e. The van der Waals surface area contributed by atoms with Gasteiger partial charge in [0.25, 0.3) is 0 Å². The first-order valence-corrected chi connectivity index (χ1v) is 6.63. The SMILES string of the molecule is CCN(CCC#N)S(=O)(=O)CCCCl. The Kier molecular flexibility index (Phi) is 6.89. The molecule has 0 aromatic carbocycles. The molecule has 0 N–H and O–H groups in total. The van der Waals surface area contributed by atoms with Crippen LogP contribution in [-0.4, -0.2) is 37.4 Å². The summed E-state index contributed by atoms with van der Waals surface area (Å²) in [6.07, 6.45) is 0.681. The fourth-order valence-corrected chi connectivity index (χ4v) is 2.86. The van der Waals surface area contributed by atoms with Crippen LogP contribution in [0.4, 0.5) is 0 Å². The molecule has 0 radical (unpaired) electrons. The van der Waals surface area contributed by atoms with E-state index < -0.39 is 10.0 Å². The maximum absolute atomic E-state index is 11.6. The normalized spacial score (nSPS) is 11.6. The number of hydrogen-bond acceptors (Lipinski definition) is 3. The highest BCUT2D eigenvalue weighted by molar-refractivity contribution is 7.89. The van der Waals surface area contributed by atoms with Gasteiger partial charge in [0.15, 0.2) is 0 Å². The number of halogens is 1. The highest BCUT2D eigenvalue weighted by atomic mass is 35.5. The van der Waals surface area contributed by atoms with E-state index in [1.807, 2.05) is 6.07 Å². The van der Waals surface area contributed by atoms with Gasteiger partial charge < -0.3 is 0 Å². The van der Waals surface area contributed by atoms with Gasteiger partial charge in [-0.2, -0.15) is 5.26 Å². The summed E-state index contributed by atoms with van der Waals surface area (Å²) in [6.45, 7) is 2.44. The van der Waals surface area contributed by atoms with Gasteiger partial charge in [-0.15, -0.1) is 11.6 Å². The number of nitrogens with zero attached hydrogens (tertiary/aromatic N) is 2. The summed E-state index contributed by atoms with van der Waals surface area (Å²) in [5.74, 6) is 0.408. The molecule has 0 aliphatic rings. The zero-order chi connectivity index (χ0) is 11.0. The molecule has 6 heteroatoms. The Morgan fingerprint density at radius 3 is 2.57 bits per heavy atom. The minimum absolute atomic E-state index is 0.0652. The van der Waals surface area contributed by atoms with Crippen LogP contribution in [0, 0.1) is 11.3 Å². The molecule has 0 saturated heterocycles. The third kappa shape index (κ3) is 4.80. The van der Waals surface area contributed by atoms with E-state index in [1.54, 1.807) is 6.92 Å². The van der Waals surface area contributed by atoms with Crippen LogP contribution in [0.15, 0.2) is 0 Å². The minimum Gasteiger partial charge on any atom is -0.212 e. The summed E-state index contributed by atoms with van der Waals surface area (Å²) in [5.41, 5.74) is 0. The summed E-state index contributed by atoms with van der Waals surface area (Å²) in [5, 5.41) is 8.36. The molecule has 0 unspecified atom stereocenters. The van der Waals surface area contributed by atoms with Crippen molar-refractivity contribution in [3.63, 3.8) is 0 Å². The molecule has 0 amide bonds.